The Balaban J connectivity index is 0. The van der Waals surface area contributed by atoms with Gasteiger partial charge < -0.3 is 5.32 Å². The lowest BCUT2D eigenvalue weighted by molar-refractivity contribution is 0.275. The van der Waals surface area contributed by atoms with Crippen molar-refractivity contribution in [1.29, 1.82) is 0 Å². The van der Waals surface area contributed by atoms with Gasteiger partial charge in [-0.15, -0.1) is 0 Å². The largest absolute Gasteiger partial charge is 0.313 e. The van der Waals surface area contributed by atoms with Crippen molar-refractivity contribution in [2.75, 3.05) is 0 Å². The van der Waals surface area contributed by atoms with Crippen molar-refractivity contribution in [3.8, 4) is 0 Å². The van der Waals surface area contributed by atoms with E-state index in [0.29, 0.717) is 12.1 Å². The van der Waals surface area contributed by atoms with Crippen LogP contribution < -0.4 is 5.32 Å². The first kappa shape index (κ1) is 13.8. The predicted molar refractivity (Wildman–Crippen MR) is 50.5 cm³/mol. The Kier molecular flexibility index (Phi) is 10.4. The van der Waals surface area contributed by atoms with Gasteiger partial charge >= 0.3 is 4.70 Å². The summed E-state index contributed by atoms with van der Waals surface area (Å²) >= 11 is 8.80. The second kappa shape index (κ2) is 8.31. The topological polar surface area (TPSA) is 29.1 Å². The molecule has 0 heterocycles. The summed E-state index contributed by atoms with van der Waals surface area (Å²) in [4.78, 5) is 8.98. The number of nitrogens with one attached hydrogen (secondary N) is 1. The molecule has 4 heteroatoms. The molecule has 0 atom stereocenters. The minimum absolute atomic E-state index is 0.625. The normalized spacial score (nSPS) is 9.45. The smallest absolute Gasteiger partial charge is 0.312 e. The molecular formula is C7H15Cl2NO. The quantitative estimate of drug-likeness (QED) is 0.694. The van der Waals surface area contributed by atoms with E-state index in [2.05, 4.69) is 56.2 Å². The van der Waals surface area contributed by atoms with E-state index in [0.717, 1.165) is 0 Å². The molecule has 0 spiro atoms. The molecule has 2 nitrogen and oxygen atoms in total. The third-order valence-corrected chi connectivity index (χ3v) is 0.667. The highest BCUT2D eigenvalue weighted by Gasteiger charge is 1.92. The minimum Gasteiger partial charge on any atom is -0.312 e. The van der Waals surface area contributed by atoms with Crippen molar-refractivity contribution in [2.24, 2.45) is 0 Å². The lowest BCUT2D eigenvalue weighted by Gasteiger charge is -2.10. The Bertz CT molecular complexity index is 94.6. The van der Waals surface area contributed by atoms with Crippen molar-refractivity contribution < 1.29 is 4.79 Å². The molecule has 0 unspecified atom stereocenters. The molecule has 0 aliphatic rings. The number of carbonyl (C=O) groups is 1. The maximum absolute atomic E-state index is 8.98. The molecule has 0 aliphatic carbocycles. The molecule has 0 amide bonds. The fourth-order valence-electron chi connectivity index (χ4n) is 0.667. The van der Waals surface area contributed by atoms with Crippen LogP contribution in [0.1, 0.15) is 27.7 Å². The van der Waals surface area contributed by atoms with Crippen LogP contribution in [0.25, 0.3) is 0 Å². The number of carbonyl (C=O) groups excluding carboxylic acids is 1. The van der Waals surface area contributed by atoms with E-state index in [1.54, 1.807) is 0 Å². The zero-order valence-corrected chi connectivity index (χ0v) is 8.83. The molecule has 11 heavy (non-hydrogen) atoms. The van der Waals surface area contributed by atoms with Crippen molar-refractivity contribution >= 4 is 27.9 Å². The Labute approximate surface area is 78.3 Å². The maximum Gasteiger partial charge on any atom is 0.313 e. The SMILES string of the molecule is CC(C)NC(C)C.O=C(Cl)Cl. The molecule has 0 saturated carbocycles. The van der Waals surface area contributed by atoms with Crippen LogP contribution in [0.2, 0.25) is 0 Å². The summed E-state index contributed by atoms with van der Waals surface area (Å²) in [6.45, 7) is 8.61. The Morgan fingerprint density at radius 3 is 1.27 bits per heavy atom. The molecule has 0 aliphatic heterocycles. The summed E-state index contributed by atoms with van der Waals surface area (Å²) in [6, 6.07) is 1.25. The molecule has 0 rings (SSSR count). The van der Waals surface area contributed by atoms with Gasteiger partial charge in [-0.1, -0.05) is 27.7 Å². The van der Waals surface area contributed by atoms with Crippen LogP contribution in [0.3, 0.4) is 0 Å². The molecule has 0 aromatic carbocycles. The summed E-state index contributed by atoms with van der Waals surface area (Å²) in [5.74, 6) is 0. The molecule has 0 aromatic rings. The van der Waals surface area contributed by atoms with Gasteiger partial charge in [-0.05, 0) is 23.2 Å². The predicted octanol–water partition coefficient (Wildman–Crippen LogP) is 2.98. The summed E-state index contributed by atoms with van der Waals surface area (Å²) in [7, 11) is 0. The van der Waals surface area contributed by atoms with E-state index in [1.807, 2.05) is 0 Å². The molecule has 68 valence electrons. The Hall–Kier alpha value is 0.210. The van der Waals surface area contributed by atoms with Crippen LogP contribution >= 0.6 is 23.2 Å². The van der Waals surface area contributed by atoms with Crippen LogP contribution in [0.5, 0.6) is 0 Å². The summed E-state index contributed by atoms with van der Waals surface area (Å²) in [5, 5.41) is 3.31. The van der Waals surface area contributed by atoms with Gasteiger partial charge in [0.2, 0.25) is 0 Å². The minimum atomic E-state index is -0.889. The number of rotatable bonds is 2. The maximum atomic E-state index is 8.98. The van der Waals surface area contributed by atoms with Gasteiger partial charge in [-0.2, -0.15) is 0 Å². The van der Waals surface area contributed by atoms with Crippen LogP contribution in [-0.4, -0.2) is 16.8 Å². The first-order valence-corrected chi connectivity index (χ1v) is 4.22. The summed E-state index contributed by atoms with van der Waals surface area (Å²) in [5.41, 5.74) is 0. The average molecular weight is 200 g/mol. The second-order valence-corrected chi connectivity index (χ2v) is 3.58. The zero-order valence-electron chi connectivity index (χ0n) is 7.32. The first-order chi connectivity index (χ1) is 4.86. The van der Waals surface area contributed by atoms with E-state index >= 15 is 0 Å². The number of hydrogen-bond acceptors (Lipinski definition) is 2. The van der Waals surface area contributed by atoms with E-state index in [1.165, 1.54) is 0 Å². The van der Waals surface area contributed by atoms with Gasteiger partial charge in [0, 0.05) is 12.1 Å². The fraction of sp³-hybridized carbons (Fsp3) is 0.857. The number of halogens is 2. The highest BCUT2D eigenvalue weighted by Crippen LogP contribution is 1.84. The average Bonchev–Trinajstić information content (AvgIpc) is 1.56. The molecule has 0 saturated heterocycles. The van der Waals surface area contributed by atoms with E-state index < -0.39 is 4.70 Å². The van der Waals surface area contributed by atoms with Crippen molar-refractivity contribution in [1.82, 2.24) is 5.32 Å². The Morgan fingerprint density at radius 1 is 1.09 bits per heavy atom. The van der Waals surface area contributed by atoms with Crippen molar-refractivity contribution in [3.63, 3.8) is 0 Å². The molecule has 0 fully saturated rings. The van der Waals surface area contributed by atoms with E-state index in [4.69, 9.17) is 4.79 Å². The van der Waals surface area contributed by atoms with Crippen LogP contribution in [0.15, 0.2) is 0 Å². The standard InChI is InChI=1S/C6H15N.CCl2O/c1-5(2)7-6(3)4;2-1(3)4/h5-7H,1-4H3;. The van der Waals surface area contributed by atoms with Gasteiger partial charge in [-0.3, -0.25) is 4.79 Å². The summed E-state index contributed by atoms with van der Waals surface area (Å²) in [6.07, 6.45) is 0. The van der Waals surface area contributed by atoms with Gasteiger partial charge in [-0.25, -0.2) is 0 Å². The highest BCUT2D eigenvalue weighted by atomic mass is 35.5. The zero-order chi connectivity index (χ0) is 9.44. The van der Waals surface area contributed by atoms with Crippen LogP contribution in [0.4, 0.5) is 4.79 Å². The van der Waals surface area contributed by atoms with Gasteiger partial charge in [0.05, 0.1) is 0 Å². The summed E-state index contributed by atoms with van der Waals surface area (Å²) < 4.78 is -0.889. The van der Waals surface area contributed by atoms with E-state index in [9.17, 15) is 0 Å². The van der Waals surface area contributed by atoms with Crippen molar-refractivity contribution in [3.05, 3.63) is 0 Å². The van der Waals surface area contributed by atoms with Crippen LogP contribution in [-0.2, 0) is 0 Å². The third-order valence-electron chi connectivity index (χ3n) is 0.667. The highest BCUT2D eigenvalue weighted by molar-refractivity contribution is 6.93. The monoisotopic (exact) mass is 199 g/mol. The lowest BCUT2D eigenvalue weighted by Crippen LogP contribution is -2.29. The lowest BCUT2D eigenvalue weighted by atomic mass is 10.3. The molecule has 1 N–H and O–H groups in total. The molecule has 0 bridgehead atoms. The fourth-order valence-corrected chi connectivity index (χ4v) is 0.667. The van der Waals surface area contributed by atoms with Gasteiger partial charge in [0.25, 0.3) is 0 Å². The van der Waals surface area contributed by atoms with Gasteiger partial charge in [0.1, 0.15) is 0 Å². The molecular weight excluding hydrogens is 185 g/mol. The number of hydrogen-bond donors (Lipinski definition) is 1. The Morgan fingerprint density at radius 2 is 1.27 bits per heavy atom. The molecule has 0 aromatic heterocycles. The molecule has 0 radical (unpaired) electrons. The van der Waals surface area contributed by atoms with E-state index in [-0.39, 0.29) is 0 Å². The third kappa shape index (κ3) is 38.8. The first-order valence-electron chi connectivity index (χ1n) is 3.47. The van der Waals surface area contributed by atoms with Crippen molar-refractivity contribution in [2.45, 2.75) is 39.8 Å². The van der Waals surface area contributed by atoms with Gasteiger partial charge in [0.15, 0.2) is 0 Å². The van der Waals surface area contributed by atoms with Crippen LogP contribution in [0, 0.1) is 0 Å². The second-order valence-electron chi connectivity index (χ2n) is 2.70.